The van der Waals surface area contributed by atoms with Crippen LogP contribution in [0.1, 0.15) is 40.0 Å². The lowest BCUT2D eigenvalue weighted by atomic mass is 9.99. The van der Waals surface area contributed by atoms with E-state index in [1.807, 2.05) is 4.90 Å². The summed E-state index contributed by atoms with van der Waals surface area (Å²) in [4.78, 5) is 12.7. The summed E-state index contributed by atoms with van der Waals surface area (Å²) in [7, 11) is 0. The number of unbranched alkanes of at least 4 members (excludes halogenated alkanes) is 1. The minimum Gasteiger partial charge on any atom is -0.371 e. The fourth-order valence-corrected chi connectivity index (χ4v) is 1.61. The third-order valence-electron chi connectivity index (χ3n) is 2.70. The van der Waals surface area contributed by atoms with Gasteiger partial charge in [-0.25, -0.2) is 0 Å². The first-order valence-electron chi connectivity index (χ1n) is 5.58. The standard InChI is InChI=1S/C7H11NO2.C4H10/c1-5(9)8-3-6-2-7(4-8)10-6;1-3-4-2/h6-7H,2-4H2,1H3;3-4H2,1-2H3. The van der Waals surface area contributed by atoms with Gasteiger partial charge in [-0.3, -0.25) is 4.79 Å². The van der Waals surface area contributed by atoms with E-state index in [-0.39, 0.29) is 5.91 Å². The van der Waals surface area contributed by atoms with Gasteiger partial charge in [0.25, 0.3) is 0 Å². The monoisotopic (exact) mass is 199 g/mol. The number of morpholine rings is 1. The molecule has 0 spiro atoms. The van der Waals surface area contributed by atoms with E-state index in [2.05, 4.69) is 13.8 Å². The molecular weight excluding hydrogens is 178 g/mol. The molecule has 2 atom stereocenters. The SMILES string of the molecule is CC(=O)N1CC2CC(C1)O2.CCCC. The van der Waals surface area contributed by atoms with E-state index in [0.717, 1.165) is 19.5 Å². The van der Waals surface area contributed by atoms with Crippen LogP contribution in [0.5, 0.6) is 0 Å². The molecule has 3 heterocycles. The van der Waals surface area contributed by atoms with Crippen molar-refractivity contribution in [3.05, 3.63) is 0 Å². The number of nitrogens with zero attached hydrogens (tertiary/aromatic N) is 1. The molecule has 2 bridgehead atoms. The minimum absolute atomic E-state index is 0.179. The highest BCUT2D eigenvalue weighted by atomic mass is 16.5. The van der Waals surface area contributed by atoms with Crippen LogP contribution in [0.2, 0.25) is 0 Å². The highest BCUT2D eigenvalue weighted by Crippen LogP contribution is 2.27. The van der Waals surface area contributed by atoms with Gasteiger partial charge >= 0.3 is 0 Å². The van der Waals surface area contributed by atoms with E-state index in [1.54, 1.807) is 6.92 Å². The van der Waals surface area contributed by atoms with Crippen LogP contribution in [0.3, 0.4) is 0 Å². The lowest BCUT2D eigenvalue weighted by molar-refractivity contribution is -0.186. The van der Waals surface area contributed by atoms with E-state index in [9.17, 15) is 4.79 Å². The van der Waals surface area contributed by atoms with Gasteiger partial charge in [-0.1, -0.05) is 26.7 Å². The Morgan fingerprint density at radius 2 is 1.71 bits per heavy atom. The Bertz CT molecular complexity index is 176. The molecule has 0 N–H and O–H groups in total. The Labute approximate surface area is 86.4 Å². The van der Waals surface area contributed by atoms with Crippen LogP contribution in [-0.4, -0.2) is 36.1 Å². The van der Waals surface area contributed by atoms with E-state index < -0.39 is 0 Å². The maximum absolute atomic E-state index is 10.8. The molecule has 82 valence electrons. The van der Waals surface area contributed by atoms with E-state index in [0.29, 0.717) is 12.2 Å². The molecule has 0 radical (unpaired) electrons. The quantitative estimate of drug-likeness (QED) is 0.644. The lowest BCUT2D eigenvalue weighted by Crippen LogP contribution is -2.58. The number of rotatable bonds is 1. The molecule has 0 aliphatic carbocycles. The van der Waals surface area contributed by atoms with E-state index >= 15 is 0 Å². The summed E-state index contributed by atoms with van der Waals surface area (Å²) in [5.74, 6) is 0.179. The van der Waals surface area contributed by atoms with Gasteiger partial charge in [0.05, 0.1) is 12.2 Å². The number of fused-ring (bicyclic) bond motifs is 2. The van der Waals surface area contributed by atoms with Gasteiger partial charge in [0.15, 0.2) is 0 Å². The number of ether oxygens (including phenoxy) is 1. The smallest absolute Gasteiger partial charge is 0.219 e. The summed E-state index contributed by atoms with van der Waals surface area (Å²) in [5.41, 5.74) is 0. The van der Waals surface area contributed by atoms with Gasteiger partial charge in [-0.05, 0) is 0 Å². The molecule has 2 unspecified atom stereocenters. The Kier molecular flexibility index (Phi) is 4.39. The first-order chi connectivity index (χ1) is 6.67. The van der Waals surface area contributed by atoms with Crippen molar-refractivity contribution in [2.75, 3.05) is 13.1 Å². The van der Waals surface area contributed by atoms with Gasteiger partial charge in [0.2, 0.25) is 5.91 Å². The van der Waals surface area contributed by atoms with Crippen LogP contribution < -0.4 is 0 Å². The van der Waals surface area contributed by atoms with Gasteiger partial charge < -0.3 is 9.64 Å². The fourth-order valence-electron chi connectivity index (χ4n) is 1.61. The molecule has 1 amide bonds. The molecule has 3 aliphatic rings. The van der Waals surface area contributed by atoms with E-state index in [4.69, 9.17) is 4.74 Å². The number of amides is 1. The topological polar surface area (TPSA) is 29.5 Å². The van der Waals surface area contributed by atoms with Crippen molar-refractivity contribution in [1.82, 2.24) is 4.90 Å². The highest BCUT2D eigenvalue weighted by Gasteiger charge is 2.38. The van der Waals surface area contributed by atoms with Gasteiger partial charge in [-0.2, -0.15) is 0 Å². The predicted molar refractivity (Wildman–Crippen MR) is 56.1 cm³/mol. The average molecular weight is 199 g/mol. The lowest BCUT2D eigenvalue weighted by Gasteiger charge is -2.46. The van der Waals surface area contributed by atoms with Crippen LogP contribution >= 0.6 is 0 Å². The Hall–Kier alpha value is -0.570. The van der Waals surface area contributed by atoms with Crippen molar-refractivity contribution in [2.45, 2.75) is 52.2 Å². The van der Waals surface area contributed by atoms with Crippen LogP contribution in [0.15, 0.2) is 0 Å². The summed E-state index contributed by atoms with van der Waals surface area (Å²) in [5, 5.41) is 0. The van der Waals surface area contributed by atoms with Crippen LogP contribution in [0, 0.1) is 0 Å². The second-order valence-corrected chi connectivity index (χ2v) is 4.04. The predicted octanol–water partition coefficient (Wildman–Crippen LogP) is 1.81. The molecule has 3 fully saturated rings. The third kappa shape index (κ3) is 2.98. The molecule has 3 rings (SSSR count). The second kappa shape index (κ2) is 5.35. The molecule has 14 heavy (non-hydrogen) atoms. The molecular formula is C11H21NO2. The maximum Gasteiger partial charge on any atom is 0.219 e. The van der Waals surface area contributed by atoms with Crippen LogP contribution in [0.4, 0.5) is 0 Å². The molecule has 3 heteroatoms. The highest BCUT2D eigenvalue weighted by molar-refractivity contribution is 5.73. The Morgan fingerprint density at radius 3 is 1.93 bits per heavy atom. The summed E-state index contributed by atoms with van der Waals surface area (Å²) in [6.07, 6.45) is 4.49. The normalized spacial score (nSPS) is 28.6. The zero-order valence-corrected chi connectivity index (χ0v) is 9.45. The first-order valence-corrected chi connectivity index (χ1v) is 5.58. The fraction of sp³-hybridized carbons (Fsp3) is 0.909. The van der Waals surface area contributed by atoms with E-state index in [1.165, 1.54) is 12.8 Å². The summed E-state index contributed by atoms with van der Waals surface area (Å²) in [6.45, 7) is 7.60. The molecule has 3 nitrogen and oxygen atoms in total. The van der Waals surface area contributed by atoms with Crippen molar-refractivity contribution in [2.24, 2.45) is 0 Å². The van der Waals surface area contributed by atoms with Crippen molar-refractivity contribution >= 4 is 5.91 Å². The molecule has 0 saturated carbocycles. The molecule has 0 aromatic rings. The molecule has 3 saturated heterocycles. The second-order valence-electron chi connectivity index (χ2n) is 4.04. The first kappa shape index (κ1) is 11.5. The summed E-state index contributed by atoms with van der Waals surface area (Å²) in [6, 6.07) is 0. The van der Waals surface area contributed by atoms with Crippen molar-refractivity contribution in [1.29, 1.82) is 0 Å². The van der Waals surface area contributed by atoms with Crippen molar-refractivity contribution in [3.8, 4) is 0 Å². The van der Waals surface area contributed by atoms with Crippen LogP contribution in [-0.2, 0) is 9.53 Å². The summed E-state index contributed by atoms with van der Waals surface area (Å²) >= 11 is 0. The van der Waals surface area contributed by atoms with Gasteiger partial charge in [0.1, 0.15) is 0 Å². The molecule has 0 aromatic heterocycles. The molecule has 0 aromatic carbocycles. The largest absolute Gasteiger partial charge is 0.371 e. The van der Waals surface area contributed by atoms with Crippen molar-refractivity contribution in [3.63, 3.8) is 0 Å². The number of carbonyl (C=O) groups is 1. The average Bonchev–Trinajstić information content (AvgIpc) is 2.17. The number of hydrogen-bond donors (Lipinski definition) is 0. The Balaban J connectivity index is 0.000000213. The zero-order valence-electron chi connectivity index (χ0n) is 9.45. The Morgan fingerprint density at radius 1 is 1.29 bits per heavy atom. The van der Waals surface area contributed by atoms with Crippen LogP contribution in [0.25, 0.3) is 0 Å². The number of carbonyl (C=O) groups excluding carboxylic acids is 1. The van der Waals surface area contributed by atoms with Gasteiger partial charge in [-0.15, -0.1) is 0 Å². The number of piperidine rings is 1. The minimum atomic E-state index is 0.179. The third-order valence-corrected chi connectivity index (χ3v) is 2.70. The maximum atomic E-state index is 10.8. The van der Waals surface area contributed by atoms with Crippen molar-refractivity contribution < 1.29 is 9.53 Å². The number of hydrogen-bond acceptors (Lipinski definition) is 2. The molecule has 3 aliphatic heterocycles. The summed E-state index contributed by atoms with van der Waals surface area (Å²) < 4.78 is 5.36. The van der Waals surface area contributed by atoms with Gasteiger partial charge in [0, 0.05) is 26.4 Å². The zero-order chi connectivity index (χ0) is 10.6.